The number of piperidine rings is 1. The lowest BCUT2D eigenvalue weighted by Gasteiger charge is -2.45. The molecule has 1 aliphatic heterocycles. The average Bonchev–Trinajstić information content (AvgIpc) is 3.27. The fourth-order valence-corrected chi connectivity index (χ4v) is 8.87. The van der Waals surface area contributed by atoms with Crippen molar-refractivity contribution in [2.75, 3.05) is 6.54 Å². The van der Waals surface area contributed by atoms with Crippen molar-refractivity contribution < 1.29 is 28.7 Å². The molecule has 1 heterocycles. The van der Waals surface area contributed by atoms with Crippen LogP contribution in [-0.2, 0) is 23.9 Å². The quantitative estimate of drug-likeness (QED) is 0.336. The maximum atomic E-state index is 15.0. The van der Waals surface area contributed by atoms with Gasteiger partial charge < -0.3 is 20.7 Å². The number of amides is 4. The van der Waals surface area contributed by atoms with Crippen LogP contribution < -0.4 is 11.1 Å². The van der Waals surface area contributed by atoms with Crippen LogP contribution in [0.15, 0.2) is 0 Å². The molecule has 5 rings (SSSR count). The number of ether oxygens (including phenoxy) is 1. The van der Waals surface area contributed by atoms with Gasteiger partial charge in [0.05, 0.1) is 6.04 Å². The second-order valence-electron chi connectivity index (χ2n) is 16.2. The molecule has 0 spiro atoms. The van der Waals surface area contributed by atoms with E-state index in [2.05, 4.69) is 19.2 Å². The van der Waals surface area contributed by atoms with Crippen molar-refractivity contribution in [3.8, 4) is 0 Å². The number of nitrogens with one attached hydrogen (secondary N) is 1. The number of rotatable bonds is 10. The van der Waals surface area contributed by atoms with Crippen molar-refractivity contribution in [3.63, 3.8) is 0 Å². The molecular weight excluding hydrogens is 572 g/mol. The molecule has 0 aromatic carbocycles. The van der Waals surface area contributed by atoms with Crippen LogP contribution in [0.25, 0.3) is 0 Å². The molecule has 3 N–H and O–H groups in total. The SMILES string of the molecule is CC(C)(C)OC(=O)N(C1CCCCC1)[C@H](C(=O)N1CC2[C@H](C1C(=O)NC(CC1CCC1)C(=O)C(N)=O)C2(C)C)C1CCCCC1. The fraction of sp³-hybridized carbons (Fsp3) is 0.857. The molecule has 4 aliphatic carbocycles. The van der Waals surface area contributed by atoms with Gasteiger partial charge >= 0.3 is 6.09 Å². The number of ketones is 1. The van der Waals surface area contributed by atoms with E-state index in [1.165, 1.54) is 0 Å². The highest BCUT2D eigenvalue weighted by Gasteiger charge is 2.70. The zero-order chi connectivity index (χ0) is 32.7. The number of nitrogens with two attached hydrogens (primary N) is 1. The van der Waals surface area contributed by atoms with Crippen molar-refractivity contribution in [2.24, 2.45) is 34.8 Å². The molecular formula is C35H56N4O6. The number of primary amides is 1. The first-order chi connectivity index (χ1) is 21.2. The van der Waals surface area contributed by atoms with E-state index < -0.39 is 47.4 Å². The minimum absolute atomic E-state index is 0.0165. The summed E-state index contributed by atoms with van der Waals surface area (Å²) in [6.45, 7) is 10.2. The van der Waals surface area contributed by atoms with Gasteiger partial charge in [0, 0.05) is 12.6 Å². The Morgan fingerprint density at radius 3 is 2.04 bits per heavy atom. The molecule has 0 aromatic rings. The van der Waals surface area contributed by atoms with Crippen molar-refractivity contribution >= 4 is 29.6 Å². The summed E-state index contributed by atoms with van der Waals surface area (Å²) in [4.78, 5) is 71.5. The van der Waals surface area contributed by atoms with Crippen LogP contribution in [-0.4, -0.2) is 75.7 Å². The van der Waals surface area contributed by atoms with Gasteiger partial charge in [0.15, 0.2) is 0 Å². The van der Waals surface area contributed by atoms with E-state index in [0.29, 0.717) is 13.0 Å². The Labute approximate surface area is 268 Å². The predicted molar refractivity (Wildman–Crippen MR) is 170 cm³/mol. The third kappa shape index (κ3) is 7.19. The molecule has 10 nitrogen and oxygen atoms in total. The first-order valence-electron chi connectivity index (χ1n) is 17.7. The van der Waals surface area contributed by atoms with Crippen LogP contribution >= 0.6 is 0 Å². The van der Waals surface area contributed by atoms with Gasteiger partial charge in [-0.1, -0.05) is 71.6 Å². The lowest BCUT2D eigenvalue weighted by molar-refractivity contribution is -0.148. The third-order valence-electron chi connectivity index (χ3n) is 11.7. The largest absolute Gasteiger partial charge is 0.444 e. The maximum absolute atomic E-state index is 15.0. The number of nitrogens with zero attached hydrogens (tertiary/aromatic N) is 2. The first-order valence-corrected chi connectivity index (χ1v) is 17.7. The monoisotopic (exact) mass is 628 g/mol. The molecule has 0 bridgehead atoms. The van der Waals surface area contributed by atoms with Crippen molar-refractivity contribution in [1.82, 2.24) is 15.1 Å². The Hall–Kier alpha value is -2.65. The van der Waals surface area contributed by atoms with Crippen molar-refractivity contribution in [1.29, 1.82) is 0 Å². The Morgan fingerprint density at radius 2 is 1.51 bits per heavy atom. The van der Waals surface area contributed by atoms with Crippen LogP contribution in [0.5, 0.6) is 0 Å². The van der Waals surface area contributed by atoms with Gasteiger partial charge in [0.25, 0.3) is 5.91 Å². The number of hydrogen-bond donors (Lipinski definition) is 2. The van der Waals surface area contributed by atoms with E-state index in [4.69, 9.17) is 10.5 Å². The summed E-state index contributed by atoms with van der Waals surface area (Å²) in [6, 6.07) is -2.57. The normalized spacial score (nSPS) is 28.3. The molecule has 4 amide bonds. The van der Waals surface area contributed by atoms with Crippen LogP contribution in [0.1, 0.15) is 125 Å². The van der Waals surface area contributed by atoms with Gasteiger partial charge in [-0.3, -0.25) is 24.1 Å². The molecule has 45 heavy (non-hydrogen) atoms. The molecule has 5 fully saturated rings. The average molecular weight is 629 g/mol. The fourth-order valence-electron chi connectivity index (χ4n) is 8.87. The van der Waals surface area contributed by atoms with Gasteiger partial charge in [0.2, 0.25) is 17.6 Å². The summed E-state index contributed by atoms with van der Waals surface area (Å²) in [6.07, 6.45) is 12.5. The summed E-state index contributed by atoms with van der Waals surface area (Å²) >= 11 is 0. The highest BCUT2D eigenvalue weighted by Crippen LogP contribution is 2.65. The first kappa shape index (κ1) is 33.7. The van der Waals surface area contributed by atoms with E-state index in [1.807, 2.05) is 20.8 Å². The second-order valence-corrected chi connectivity index (χ2v) is 16.2. The summed E-state index contributed by atoms with van der Waals surface area (Å²) in [5, 5.41) is 2.90. The topological polar surface area (TPSA) is 139 Å². The summed E-state index contributed by atoms with van der Waals surface area (Å²) in [7, 11) is 0. The number of likely N-dealkylation sites (tertiary alicyclic amines) is 1. The molecule has 5 atom stereocenters. The lowest BCUT2D eigenvalue weighted by Crippen LogP contribution is -2.62. The Bertz CT molecular complexity index is 1150. The Balaban J connectivity index is 1.46. The van der Waals surface area contributed by atoms with E-state index in [-0.39, 0.29) is 41.0 Å². The predicted octanol–water partition coefficient (Wildman–Crippen LogP) is 4.72. The molecule has 3 unspecified atom stereocenters. The number of carbonyl (C=O) groups excluding carboxylic acids is 5. The number of hydrogen-bond acceptors (Lipinski definition) is 6. The molecule has 252 valence electrons. The smallest absolute Gasteiger partial charge is 0.411 e. The van der Waals surface area contributed by atoms with Crippen molar-refractivity contribution in [3.05, 3.63) is 0 Å². The van der Waals surface area contributed by atoms with E-state index in [9.17, 15) is 19.2 Å². The van der Waals surface area contributed by atoms with Crippen LogP contribution in [0, 0.1) is 29.1 Å². The summed E-state index contributed by atoms with van der Waals surface area (Å²) in [5.41, 5.74) is 4.55. The van der Waals surface area contributed by atoms with Gasteiger partial charge in [-0.25, -0.2) is 4.79 Å². The van der Waals surface area contributed by atoms with E-state index in [1.54, 1.807) is 9.80 Å². The molecule has 5 aliphatic rings. The maximum Gasteiger partial charge on any atom is 0.411 e. The minimum Gasteiger partial charge on any atom is -0.444 e. The number of fused-ring (bicyclic) bond motifs is 1. The van der Waals surface area contributed by atoms with Gasteiger partial charge in [-0.2, -0.15) is 0 Å². The standard InChI is InChI=1S/C35H56N4O6/c1-34(2,3)45-33(44)39(23-17-10-7-11-18-23)27(22-15-8-6-9-16-22)32(43)38-20-24-26(35(24,4)5)28(38)31(42)37-25(29(40)30(36)41)19-21-13-12-14-21/h21-28H,6-20H2,1-5H3,(H2,36,41)(H,37,42)/t24?,25?,26-,27+,28?/m1/s1. The lowest BCUT2D eigenvalue weighted by atomic mass is 9.80. The zero-order valence-corrected chi connectivity index (χ0v) is 28.1. The summed E-state index contributed by atoms with van der Waals surface area (Å²) in [5.74, 6) is -2.09. The second kappa shape index (κ2) is 13.2. The van der Waals surface area contributed by atoms with Crippen LogP contribution in [0.3, 0.4) is 0 Å². The zero-order valence-electron chi connectivity index (χ0n) is 28.1. The van der Waals surface area contributed by atoms with Crippen LogP contribution in [0.4, 0.5) is 4.79 Å². The highest BCUT2D eigenvalue weighted by atomic mass is 16.6. The summed E-state index contributed by atoms with van der Waals surface area (Å²) < 4.78 is 5.99. The Kier molecular flexibility index (Phi) is 9.91. The van der Waals surface area contributed by atoms with Gasteiger partial charge in [-0.15, -0.1) is 0 Å². The van der Waals surface area contributed by atoms with E-state index in [0.717, 1.165) is 83.5 Å². The van der Waals surface area contributed by atoms with E-state index >= 15 is 4.79 Å². The molecule has 4 saturated carbocycles. The Morgan fingerprint density at radius 1 is 0.911 bits per heavy atom. The number of Topliss-reactive ketones (excluding diaryl/α,β-unsaturated/α-hetero) is 1. The van der Waals surface area contributed by atoms with Gasteiger partial charge in [-0.05, 0) is 82.0 Å². The van der Waals surface area contributed by atoms with Gasteiger partial charge in [0.1, 0.15) is 17.7 Å². The van der Waals surface area contributed by atoms with Crippen LogP contribution in [0.2, 0.25) is 0 Å². The number of carbonyl (C=O) groups is 5. The minimum atomic E-state index is -1.05. The van der Waals surface area contributed by atoms with Crippen molar-refractivity contribution in [2.45, 2.75) is 154 Å². The highest BCUT2D eigenvalue weighted by molar-refractivity contribution is 6.37. The third-order valence-corrected chi connectivity index (χ3v) is 11.7. The molecule has 0 radical (unpaired) electrons. The molecule has 0 aromatic heterocycles. The molecule has 1 saturated heterocycles. The molecule has 10 heteroatoms.